The molecule has 0 aliphatic rings. The summed E-state index contributed by atoms with van der Waals surface area (Å²) in [5.74, 6) is 1.90. The smallest absolute Gasteiger partial charge is 0.137 e. The fourth-order valence-corrected chi connectivity index (χ4v) is 2.21. The Labute approximate surface area is 114 Å². The SMILES string of the molecule is CCc1c(NC)ncnc1N(C)Cc1ccccc1. The van der Waals surface area contributed by atoms with E-state index in [1.165, 1.54) is 5.56 Å². The zero-order valence-electron chi connectivity index (χ0n) is 11.7. The van der Waals surface area contributed by atoms with Crippen LogP contribution >= 0.6 is 0 Å². The summed E-state index contributed by atoms with van der Waals surface area (Å²) in [6.45, 7) is 2.97. The third-order valence-electron chi connectivity index (χ3n) is 3.14. The van der Waals surface area contributed by atoms with Gasteiger partial charge in [0.05, 0.1) is 0 Å². The lowest BCUT2D eigenvalue weighted by molar-refractivity contribution is 0.871. The summed E-state index contributed by atoms with van der Waals surface area (Å²) < 4.78 is 0. The summed E-state index contributed by atoms with van der Waals surface area (Å²) in [5, 5.41) is 3.13. The van der Waals surface area contributed by atoms with Crippen molar-refractivity contribution in [1.29, 1.82) is 0 Å². The zero-order valence-corrected chi connectivity index (χ0v) is 11.7. The van der Waals surface area contributed by atoms with Crippen molar-refractivity contribution >= 4 is 11.6 Å². The Bertz CT molecular complexity index is 525. The molecule has 0 aliphatic heterocycles. The Balaban J connectivity index is 2.26. The average molecular weight is 256 g/mol. The van der Waals surface area contributed by atoms with E-state index in [0.29, 0.717) is 0 Å². The van der Waals surface area contributed by atoms with E-state index in [1.807, 2.05) is 13.1 Å². The van der Waals surface area contributed by atoms with Crippen molar-refractivity contribution in [3.63, 3.8) is 0 Å². The molecule has 0 radical (unpaired) electrons. The molecular formula is C15H20N4. The number of hydrogen-bond donors (Lipinski definition) is 1. The van der Waals surface area contributed by atoms with E-state index in [0.717, 1.165) is 30.2 Å². The van der Waals surface area contributed by atoms with Crippen LogP contribution in [0.15, 0.2) is 36.7 Å². The Kier molecular flexibility index (Phi) is 4.34. The van der Waals surface area contributed by atoms with Crippen LogP contribution in [0.25, 0.3) is 0 Å². The first-order chi connectivity index (χ1) is 9.26. The van der Waals surface area contributed by atoms with Gasteiger partial charge in [-0.25, -0.2) is 9.97 Å². The summed E-state index contributed by atoms with van der Waals surface area (Å²) in [5.41, 5.74) is 2.43. The molecule has 4 heteroatoms. The third kappa shape index (κ3) is 3.02. The molecule has 1 aromatic carbocycles. The van der Waals surface area contributed by atoms with Gasteiger partial charge < -0.3 is 10.2 Å². The Morgan fingerprint density at radius 3 is 2.53 bits per heavy atom. The Morgan fingerprint density at radius 1 is 1.16 bits per heavy atom. The highest BCUT2D eigenvalue weighted by molar-refractivity contribution is 5.58. The molecule has 1 N–H and O–H groups in total. The van der Waals surface area contributed by atoms with Crippen LogP contribution in [0.5, 0.6) is 0 Å². The maximum absolute atomic E-state index is 4.43. The lowest BCUT2D eigenvalue weighted by Crippen LogP contribution is -2.20. The standard InChI is InChI=1S/C15H20N4/c1-4-13-14(16-2)17-11-18-15(13)19(3)10-12-8-6-5-7-9-12/h5-9,11H,4,10H2,1-3H3,(H,16,17,18). The van der Waals surface area contributed by atoms with E-state index in [2.05, 4.69) is 58.4 Å². The molecule has 0 saturated heterocycles. The van der Waals surface area contributed by atoms with Gasteiger partial charge in [0.1, 0.15) is 18.0 Å². The number of aromatic nitrogens is 2. The number of hydrogen-bond acceptors (Lipinski definition) is 4. The van der Waals surface area contributed by atoms with E-state index in [1.54, 1.807) is 6.33 Å². The van der Waals surface area contributed by atoms with E-state index in [-0.39, 0.29) is 0 Å². The second kappa shape index (κ2) is 6.18. The summed E-state index contributed by atoms with van der Waals surface area (Å²) in [6.07, 6.45) is 2.52. The van der Waals surface area contributed by atoms with E-state index >= 15 is 0 Å². The van der Waals surface area contributed by atoms with Crippen molar-refractivity contribution in [2.24, 2.45) is 0 Å². The van der Waals surface area contributed by atoms with Gasteiger partial charge in [0, 0.05) is 26.2 Å². The molecule has 0 saturated carbocycles. The fraction of sp³-hybridized carbons (Fsp3) is 0.333. The van der Waals surface area contributed by atoms with Gasteiger partial charge in [-0.2, -0.15) is 0 Å². The fourth-order valence-electron chi connectivity index (χ4n) is 2.21. The molecule has 1 heterocycles. The van der Waals surface area contributed by atoms with E-state index in [4.69, 9.17) is 0 Å². The topological polar surface area (TPSA) is 41.1 Å². The summed E-state index contributed by atoms with van der Waals surface area (Å²) in [6, 6.07) is 10.4. The first-order valence-electron chi connectivity index (χ1n) is 6.53. The van der Waals surface area contributed by atoms with Gasteiger partial charge in [0.2, 0.25) is 0 Å². The second-order valence-electron chi connectivity index (χ2n) is 4.47. The van der Waals surface area contributed by atoms with Gasteiger partial charge in [0.25, 0.3) is 0 Å². The minimum Gasteiger partial charge on any atom is -0.373 e. The Morgan fingerprint density at radius 2 is 1.89 bits per heavy atom. The largest absolute Gasteiger partial charge is 0.373 e. The first kappa shape index (κ1) is 13.3. The number of rotatable bonds is 5. The van der Waals surface area contributed by atoms with Crippen molar-refractivity contribution in [2.45, 2.75) is 19.9 Å². The van der Waals surface area contributed by atoms with Gasteiger partial charge in [-0.1, -0.05) is 37.3 Å². The number of nitrogens with zero attached hydrogens (tertiary/aromatic N) is 3. The quantitative estimate of drug-likeness (QED) is 0.893. The number of nitrogens with one attached hydrogen (secondary N) is 1. The normalized spacial score (nSPS) is 10.3. The highest BCUT2D eigenvalue weighted by Gasteiger charge is 2.12. The maximum atomic E-state index is 4.43. The van der Waals surface area contributed by atoms with Gasteiger partial charge in [0.15, 0.2) is 0 Å². The van der Waals surface area contributed by atoms with Crippen LogP contribution in [0.1, 0.15) is 18.1 Å². The lowest BCUT2D eigenvalue weighted by atomic mass is 10.1. The third-order valence-corrected chi connectivity index (χ3v) is 3.14. The lowest BCUT2D eigenvalue weighted by Gasteiger charge is -2.22. The Hall–Kier alpha value is -2.10. The van der Waals surface area contributed by atoms with Crippen molar-refractivity contribution in [3.05, 3.63) is 47.8 Å². The maximum Gasteiger partial charge on any atom is 0.137 e. The van der Waals surface area contributed by atoms with E-state index < -0.39 is 0 Å². The second-order valence-corrected chi connectivity index (χ2v) is 4.47. The molecule has 19 heavy (non-hydrogen) atoms. The molecule has 100 valence electrons. The van der Waals surface area contributed by atoms with Crippen LogP contribution < -0.4 is 10.2 Å². The minimum absolute atomic E-state index is 0.841. The molecule has 2 rings (SSSR count). The number of benzene rings is 1. The van der Waals surface area contributed by atoms with Gasteiger partial charge >= 0.3 is 0 Å². The monoisotopic (exact) mass is 256 g/mol. The molecule has 0 unspecified atom stereocenters. The first-order valence-corrected chi connectivity index (χ1v) is 6.53. The molecule has 0 spiro atoms. The number of anilines is 2. The molecule has 0 atom stereocenters. The van der Waals surface area contributed by atoms with Crippen LogP contribution in [0.2, 0.25) is 0 Å². The molecule has 0 fully saturated rings. The minimum atomic E-state index is 0.841. The van der Waals surface area contributed by atoms with Crippen LogP contribution in [0, 0.1) is 0 Å². The molecule has 1 aromatic heterocycles. The van der Waals surface area contributed by atoms with Crippen LogP contribution in [-0.2, 0) is 13.0 Å². The van der Waals surface area contributed by atoms with Gasteiger partial charge in [-0.3, -0.25) is 0 Å². The van der Waals surface area contributed by atoms with Crippen molar-refractivity contribution < 1.29 is 0 Å². The van der Waals surface area contributed by atoms with Crippen LogP contribution in [0.3, 0.4) is 0 Å². The zero-order chi connectivity index (χ0) is 13.7. The summed E-state index contributed by atoms with van der Waals surface area (Å²) in [4.78, 5) is 10.9. The van der Waals surface area contributed by atoms with Crippen molar-refractivity contribution in [1.82, 2.24) is 9.97 Å². The summed E-state index contributed by atoms with van der Waals surface area (Å²) in [7, 11) is 3.95. The predicted molar refractivity (Wildman–Crippen MR) is 79.5 cm³/mol. The molecular weight excluding hydrogens is 236 g/mol. The summed E-state index contributed by atoms with van der Waals surface area (Å²) >= 11 is 0. The van der Waals surface area contributed by atoms with Crippen LogP contribution in [-0.4, -0.2) is 24.1 Å². The molecule has 4 nitrogen and oxygen atoms in total. The molecule has 0 aliphatic carbocycles. The van der Waals surface area contributed by atoms with E-state index in [9.17, 15) is 0 Å². The molecule has 2 aromatic rings. The van der Waals surface area contributed by atoms with Crippen molar-refractivity contribution in [3.8, 4) is 0 Å². The highest BCUT2D eigenvalue weighted by atomic mass is 15.2. The average Bonchev–Trinajstić information content (AvgIpc) is 2.47. The predicted octanol–water partition coefficient (Wildman–Crippen LogP) is 2.72. The molecule has 0 amide bonds. The highest BCUT2D eigenvalue weighted by Crippen LogP contribution is 2.23. The molecule has 0 bridgehead atoms. The van der Waals surface area contributed by atoms with Gasteiger partial charge in [-0.15, -0.1) is 0 Å². The van der Waals surface area contributed by atoms with Crippen LogP contribution in [0.4, 0.5) is 11.6 Å². The van der Waals surface area contributed by atoms with Gasteiger partial charge in [-0.05, 0) is 12.0 Å². The van der Waals surface area contributed by atoms with Crippen molar-refractivity contribution in [2.75, 3.05) is 24.3 Å².